The summed E-state index contributed by atoms with van der Waals surface area (Å²) in [4.78, 5) is 26.0. The lowest BCUT2D eigenvalue weighted by atomic mass is 10.1. The van der Waals surface area contributed by atoms with Crippen molar-refractivity contribution in [3.8, 4) is 11.4 Å². The van der Waals surface area contributed by atoms with Crippen LogP contribution in [0.2, 0.25) is 0 Å². The molecule has 0 unspecified atom stereocenters. The van der Waals surface area contributed by atoms with Gasteiger partial charge in [0.05, 0.1) is 47.3 Å². The first kappa shape index (κ1) is 24.5. The van der Waals surface area contributed by atoms with Crippen molar-refractivity contribution in [2.75, 3.05) is 6.61 Å². The highest BCUT2D eigenvalue weighted by Gasteiger charge is 2.35. The Morgan fingerprint density at radius 1 is 1.08 bits per heavy atom. The molecule has 4 aromatic rings. The van der Waals surface area contributed by atoms with Crippen LogP contribution in [-0.4, -0.2) is 41.4 Å². The minimum atomic E-state index is -4.50. The van der Waals surface area contributed by atoms with Crippen LogP contribution in [0.5, 0.6) is 0 Å². The molecule has 0 spiro atoms. The van der Waals surface area contributed by atoms with Crippen LogP contribution >= 0.6 is 0 Å². The predicted octanol–water partition coefficient (Wildman–Crippen LogP) is 4.24. The Labute approximate surface area is 217 Å². The van der Waals surface area contributed by atoms with Crippen molar-refractivity contribution >= 4 is 26.6 Å². The zero-order chi connectivity index (χ0) is 26.4. The summed E-state index contributed by atoms with van der Waals surface area (Å²) in [7, 11) is -4.50. The van der Waals surface area contributed by atoms with Crippen LogP contribution in [-0.2, 0) is 27.7 Å². The van der Waals surface area contributed by atoms with Crippen molar-refractivity contribution in [3.05, 3.63) is 83.1 Å². The fourth-order valence-electron chi connectivity index (χ4n) is 4.39. The van der Waals surface area contributed by atoms with E-state index in [2.05, 4.69) is 10.3 Å². The van der Waals surface area contributed by atoms with E-state index in [0.29, 0.717) is 17.1 Å². The Hall–Kier alpha value is -3.83. The molecule has 1 aliphatic heterocycles. The molecule has 0 radical (unpaired) electrons. The molecule has 38 heavy (non-hydrogen) atoms. The fraction of sp³-hybridized carbons (Fsp3) is 0.259. The van der Waals surface area contributed by atoms with Crippen molar-refractivity contribution < 1.29 is 26.7 Å². The van der Waals surface area contributed by atoms with Gasteiger partial charge in [0.1, 0.15) is 5.82 Å². The molecule has 1 amide bonds. The van der Waals surface area contributed by atoms with Gasteiger partial charge in [-0.15, -0.1) is 0 Å². The molecule has 8 nitrogen and oxygen atoms in total. The average Bonchev–Trinajstić information content (AvgIpc) is 3.78. The largest absolute Gasteiger partial charge is 0.372 e. The molecule has 11 heteroatoms. The third-order valence-electron chi connectivity index (χ3n) is 6.64. The van der Waals surface area contributed by atoms with E-state index in [9.17, 15) is 22.0 Å². The molecular weight excluding hydrogens is 514 g/mol. The molecule has 1 fully saturated rings. The number of nitrogens with one attached hydrogen (secondary N) is 1. The normalized spacial score (nSPS) is 18.5. The lowest BCUT2D eigenvalue weighted by Gasteiger charge is -2.11. The van der Waals surface area contributed by atoms with Gasteiger partial charge in [-0.3, -0.25) is 14.8 Å². The molecule has 1 aromatic carbocycles. The Kier molecular flexibility index (Phi) is 6.11. The van der Waals surface area contributed by atoms with Crippen LogP contribution in [0.25, 0.3) is 22.3 Å². The number of hydrogen-bond acceptors (Lipinski definition) is 7. The van der Waals surface area contributed by atoms with E-state index >= 15 is 0 Å². The van der Waals surface area contributed by atoms with Crippen LogP contribution in [0.4, 0.5) is 8.78 Å². The number of carbonyl (C=O) groups excluding carboxylic acids is 1. The second-order valence-electron chi connectivity index (χ2n) is 9.37. The summed E-state index contributed by atoms with van der Waals surface area (Å²) in [6.45, 7) is -1.13. The van der Waals surface area contributed by atoms with Crippen LogP contribution < -0.4 is 5.32 Å². The van der Waals surface area contributed by atoms with Gasteiger partial charge in [-0.25, -0.2) is 22.2 Å². The van der Waals surface area contributed by atoms with Crippen molar-refractivity contribution in [2.45, 2.75) is 42.3 Å². The van der Waals surface area contributed by atoms with Crippen molar-refractivity contribution in [1.29, 1.82) is 0 Å². The average molecular weight is 537 g/mol. The molecular formula is C27H22F2N4O4S. The van der Waals surface area contributed by atoms with Gasteiger partial charge in [0, 0.05) is 34.3 Å². The van der Waals surface area contributed by atoms with Gasteiger partial charge in [0.15, 0.2) is 0 Å². The maximum Gasteiger partial charge on any atom is 0.251 e. The molecule has 1 aliphatic carbocycles. The van der Waals surface area contributed by atoms with Crippen molar-refractivity contribution in [1.82, 2.24) is 20.3 Å². The summed E-state index contributed by atoms with van der Waals surface area (Å²) >= 11 is 0. The van der Waals surface area contributed by atoms with Gasteiger partial charge < -0.3 is 10.1 Å². The van der Waals surface area contributed by atoms with Gasteiger partial charge >= 0.3 is 0 Å². The third kappa shape index (κ3) is 4.63. The highest BCUT2D eigenvalue weighted by atomic mass is 32.2. The third-order valence-corrected chi connectivity index (χ3v) is 8.43. The molecule has 1 N–H and O–H groups in total. The number of amides is 1. The Bertz CT molecular complexity index is 1690. The van der Waals surface area contributed by atoms with E-state index in [1.54, 1.807) is 12.3 Å². The summed E-state index contributed by atoms with van der Waals surface area (Å²) in [6.07, 6.45) is 3.94. The quantitative estimate of drug-likeness (QED) is 0.406. The highest BCUT2D eigenvalue weighted by molar-refractivity contribution is 7.92. The fourth-order valence-corrected chi connectivity index (χ4v) is 5.73. The van der Waals surface area contributed by atoms with Gasteiger partial charge in [-0.05, 0) is 55.3 Å². The Balaban J connectivity index is 1.23. The molecule has 6 rings (SSSR count). The summed E-state index contributed by atoms with van der Waals surface area (Å²) in [5, 5.41) is 3.42. The number of rotatable bonds is 5. The molecule has 0 saturated heterocycles. The zero-order valence-corrected chi connectivity index (χ0v) is 20.8. The van der Waals surface area contributed by atoms with Crippen molar-refractivity contribution in [2.24, 2.45) is 0 Å². The SMILES string of the molecule is O=C(NCc1cc2nc(-c3cccc(C4CC4)n3)ccc2cn1)c1cc(F)c2c(c1)S(=O)(=O)[C@@H](F)COC2. The number of carbonyl (C=O) groups is 1. The number of pyridine rings is 3. The number of ether oxygens (including phenoxy) is 1. The first-order valence-corrected chi connectivity index (χ1v) is 13.6. The maximum atomic E-state index is 14.7. The van der Waals surface area contributed by atoms with Crippen LogP contribution in [0.15, 0.2) is 59.6 Å². The molecule has 2 aliphatic rings. The molecule has 1 atom stereocenters. The Morgan fingerprint density at radius 3 is 2.71 bits per heavy atom. The van der Waals surface area contributed by atoms with E-state index in [0.717, 1.165) is 47.4 Å². The van der Waals surface area contributed by atoms with E-state index in [1.807, 2.05) is 30.3 Å². The van der Waals surface area contributed by atoms with E-state index in [1.165, 1.54) is 0 Å². The van der Waals surface area contributed by atoms with Crippen LogP contribution in [0.3, 0.4) is 0 Å². The maximum absolute atomic E-state index is 14.7. The van der Waals surface area contributed by atoms with E-state index < -0.39 is 45.2 Å². The standard InChI is InChI=1S/C27H22F2N4O4S/c28-20-8-17(9-25-19(20)13-37-14-26(29)38(25,35)36)27(34)31-12-18-10-24-16(11-30-18)6-7-23(33-24)22-3-1-2-21(32-22)15-4-5-15/h1-3,6-11,15,26H,4-5,12-14H2,(H,31,34)/t26-/m1/s1. The lowest BCUT2D eigenvalue weighted by Crippen LogP contribution is -2.25. The molecule has 0 bridgehead atoms. The summed E-state index contributed by atoms with van der Waals surface area (Å²) in [5.41, 5.74) is 0.846. The van der Waals surface area contributed by atoms with Gasteiger partial charge in [-0.2, -0.15) is 0 Å². The number of alkyl halides is 1. The number of hydrogen-bond donors (Lipinski definition) is 1. The lowest BCUT2D eigenvalue weighted by molar-refractivity contribution is 0.0938. The summed E-state index contributed by atoms with van der Waals surface area (Å²) in [5.74, 6) is -1.16. The Morgan fingerprint density at radius 2 is 1.89 bits per heavy atom. The van der Waals surface area contributed by atoms with Crippen LogP contribution in [0.1, 0.15) is 46.1 Å². The highest BCUT2D eigenvalue weighted by Crippen LogP contribution is 2.39. The predicted molar refractivity (Wildman–Crippen MR) is 134 cm³/mol. The number of aromatic nitrogens is 3. The summed E-state index contributed by atoms with van der Waals surface area (Å²) < 4.78 is 58.6. The minimum Gasteiger partial charge on any atom is -0.372 e. The van der Waals surface area contributed by atoms with Gasteiger partial charge in [0.2, 0.25) is 15.3 Å². The zero-order valence-electron chi connectivity index (χ0n) is 20.0. The smallest absolute Gasteiger partial charge is 0.251 e. The molecule has 1 saturated carbocycles. The number of sulfone groups is 1. The first-order valence-electron chi connectivity index (χ1n) is 12.1. The number of benzene rings is 1. The van der Waals surface area contributed by atoms with E-state index in [-0.39, 0.29) is 17.7 Å². The summed E-state index contributed by atoms with van der Waals surface area (Å²) in [6, 6.07) is 13.3. The number of fused-ring (bicyclic) bond motifs is 2. The number of halogens is 2. The minimum absolute atomic E-state index is 0.0175. The second-order valence-corrected chi connectivity index (χ2v) is 11.4. The van der Waals surface area contributed by atoms with Gasteiger partial charge in [-0.1, -0.05) is 6.07 Å². The van der Waals surface area contributed by atoms with Crippen molar-refractivity contribution in [3.63, 3.8) is 0 Å². The molecule has 194 valence electrons. The molecule has 3 aromatic heterocycles. The molecule has 4 heterocycles. The monoisotopic (exact) mass is 536 g/mol. The van der Waals surface area contributed by atoms with E-state index in [4.69, 9.17) is 14.7 Å². The van der Waals surface area contributed by atoms with Gasteiger partial charge in [0.25, 0.3) is 5.91 Å². The topological polar surface area (TPSA) is 111 Å². The second kappa shape index (κ2) is 9.48. The van der Waals surface area contributed by atoms with Crippen LogP contribution in [0, 0.1) is 5.82 Å². The number of nitrogens with zero attached hydrogens (tertiary/aromatic N) is 3. The first-order chi connectivity index (χ1) is 18.3.